The third kappa shape index (κ3) is 1.83. The average Bonchev–Trinajstić information content (AvgIpc) is 2.68. The highest BCUT2D eigenvalue weighted by Crippen LogP contribution is 2.22. The predicted molar refractivity (Wildman–Crippen MR) is 57.1 cm³/mol. The molecule has 0 unspecified atom stereocenters. The Kier molecular flexibility index (Phi) is 2.17. The van der Waals surface area contributed by atoms with Crippen molar-refractivity contribution in [3.05, 3.63) is 42.2 Å². The molecule has 0 bridgehead atoms. The molecule has 2 aromatic rings. The Morgan fingerprint density at radius 1 is 1.07 bits per heavy atom. The van der Waals surface area contributed by atoms with Crippen LogP contribution in [0.25, 0.3) is 11.3 Å². The number of rotatable bonds is 2. The number of anilines is 1. The van der Waals surface area contributed by atoms with E-state index in [1.54, 1.807) is 24.3 Å². The van der Waals surface area contributed by atoms with Crippen LogP contribution in [0.3, 0.4) is 0 Å². The van der Waals surface area contributed by atoms with E-state index in [9.17, 15) is 4.79 Å². The monoisotopic (exact) mass is 202 g/mol. The van der Waals surface area contributed by atoms with Gasteiger partial charge in [-0.1, -0.05) is 0 Å². The Bertz CT molecular complexity index is 486. The highest BCUT2D eigenvalue weighted by Gasteiger charge is 2.08. The molecule has 1 aromatic heterocycles. The van der Waals surface area contributed by atoms with Crippen molar-refractivity contribution < 1.29 is 9.21 Å². The molecule has 4 N–H and O–H groups in total. The topological polar surface area (TPSA) is 82.2 Å². The van der Waals surface area contributed by atoms with Crippen molar-refractivity contribution in [2.24, 2.45) is 5.73 Å². The van der Waals surface area contributed by atoms with Gasteiger partial charge in [0.05, 0.1) is 0 Å². The second kappa shape index (κ2) is 3.49. The molecule has 0 fully saturated rings. The third-order valence-corrected chi connectivity index (χ3v) is 2.04. The second-order valence-corrected chi connectivity index (χ2v) is 3.15. The number of carbonyl (C=O) groups excluding carboxylic acids is 1. The van der Waals surface area contributed by atoms with Crippen LogP contribution >= 0.6 is 0 Å². The van der Waals surface area contributed by atoms with Gasteiger partial charge in [-0.3, -0.25) is 4.79 Å². The van der Waals surface area contributed by atoms with Crippen LogP contribution in [0.1, 0.15) is 10.6 Å². The zero-order valence-corrected chi connectivity index (χ0v) is 7.94. The maximum Gasteiger partial charge on any atom is 0.284 e. The van der Waals surface area contributed by atoms with Crippen molar-refractivity contribution in [2.45, 2.75) is 0 Å². The quantitative estimate of drug-likeness (QED) is 0.726. The number of amides is 1. The lowest BCUT2D eigenvalue weighted by Crippen LogP contribution is -2.09. The van der Waals surface area contributed by atoms with Crippen LogP contribution in [0.5, 0.6) is 0 Å². The van der Waals surface area contributed by atoms with Crippen LogP contribution < -0.4 is 11.5 Å². The minimum atomic E-state index is -0.573. The standard InChI is InChI=1S/C11H10N2O2/c12-8-3-1-7(2-4-8)9-5-6-10(15-9)11(13)14/h1-6H,12H2,(H2,13,14). The maximum atomic E-state index is 10.8. The zero-order valence-electron chi connectivity index (χ0n) is 7.94. The second-order valence-electron chi connectivity index (χ2n) is 3.15. The fraction of sp³-hybridized carbons (Fsp3) is 0. The van der Waals surface area contributed by atoms with E-state index in [1.807, 2.05) is 12.1 Å². The van der Waals surface area contributed by atoms with Gasteiger partial charge in [-0.25, -0.2) is 0 Å². The number of hydrogen-bond donors (Lipinski definition) is 2. The molecule has 2 rings (SSSR count). The van der Waals surface area contributed by atoms with Gasteiger partial charge in [-0.15, -0.1) is 0 Å². The van der Waals surface area contributed by atoms with Crippen LogP contribution in [0.4, 0.5) is 5.69 Å². The number of benzene rings is 1. The molecule has 1 heterocycles. The number of carbonyl (C=O) groups is 1. The van der Waals surface area contributed by atoms with E-state index in [-0.39, 0.29) is 5.76 Å². The van der Waals surface area contributed by atoms with Crippen molar-refractivity contribution in [3.63, 3.8) is 0 Å². The molecule has 0 atom stereocenters. The summed E-state index contributed by atoms with van der Waals surface area (Å²) in [5.74, 6) is 0.183. The Morgan fingerprint density at radius 2 is 1.73 bits per heavy atom. The first-order valence-corrected chi connectivity index (χ1v) is 4.42. The fourth-order valence-corrected chi connectivity index (χ4v) is 1.27. The number of furan rings is 1. The summed E-state index contributed by atoms with van der Waals surface area (Å²) in [7, 11) is 0. The van der Waals surface area contributed by atoms with Gasteiger partial charge in [0.15, 0.2) is 5.76 Å². The molecular formula is C11H10N2O2. The van der Waals surface area contributed by atoms with E-state index in [2.05, 4.69) is 0 Å². The minimum absolute atomic E-state index is 0.154. The van der Waals surface area contributed by atoms with Gasteiger partial charge < -0.3 is 15.9 Å². The zero-order chi connectivity index (χ0) is 10.8. The number of nitrogen functional groups attached to an aromatic ring is 1. The van der Waals surface area contributed by atoms with Crippen LogP contribution in [-0.2, 0) is 0 Å². The summed E-state index contributed by atoms with van der Waals surface area (Å²) in [4.78, 5) is 10.8. The van der Waals surface area contributed by atoms with Gasteiger partial charge in [0.25, 0.3) is 5.91 Å². The molecular weight excluding hydrogens is 192 g/mol. The molecule has 4 heteroatoms. The maximum absolute atomic E-state index is 10.8. The smallest absolute Gasteiger partial charge is 0.284 e. The molecule has 1 aromatic carbocycles. The number of nitrogens with two attached hydrogens (primary N) is 2. The molecule has 0 aliphatic rings. The normalized spacial score (nSPS) is 10.1. The Balaban J connectivity index is 2.37. The van der Waals surface area contributed by atoms with Crippen LogP contribution in [-0.4, -0.2) is 5.91 Å². The molecule has 1 amide bonds. The summed E-state index contributed by atoms with van der Waals surface area (Å²) in [6.07, 6.45) is 0. The lowest BCUT2D eigenvalue weighted by atomic mass is 10.1. The van der Waals surface area contributed by atoms with E-state index >= 15 is 0 Å². The van der Waals surface area contributed by atoms with Crippen LogP contribution in [0, 0.1) is 0 Å². The summed E-state index contributed by atoms with van der Waals surface area (Å²) in [6, 6.07) is 10.4. The molecule has 0 spiro atoms. The van der Waals surface area contributed by atoms with E-state index in [0.717, 1.165) is 5.56 Å². The Hall–Kier alpha value is -2.23. The first-order chi connectivity index (χ1) is 7.16. The van der Waals surface area contributed by atoms with Crippen molar-refractivity contribution >= 4 is 11.6 Å². The van der Waals surface area contributed by atoms with Crippen molar-refractivity contribution in [3.8, 4) is 11.3 Å². The van der Waals surface area contributed by atoms with Gasteiger partial charge in [0.2, 0.25) is 0 Å². The summed E-state index contributed by atoms with van der Waals surface area (Å²) >= 11 is 0. The third-order valence-electron chi connectivity index (χ3n) is 2.04. The highest BCUT2D eigenvalue weighted by atomic mass is 16.3. The molecule has 15 heavy (non-hydrogen) atoms. The van der Waals surface area contributed by atoms with Gasteiger partial charge in [0.1, 0.15) is 5.76 Å². The molecule has 0 radical (unpaired) electrons. The summed E-state index contributed by atoms with van der Waals surface area (Å²) in [5.41, 5.74) is 12.2. The van der Waals surface area contributed by atoms with Crippen molar-refractivity contribution in [1.82, 2.24) is 0 Å². The lowest BCUT2D eigenvalue weighted by molar-refractivity contribution is 0.0974. The SMILES string of the molecule is NC(=O)c1ccc(-c2ccc(N)cc2)o1. The van der Waals surface area contributed by atoms with Gasteiger partial charge in [0, 0.05) is 11.3 Å². The first-order valence-electron chi connectivity index (χ1n) is 4.42. The van der Waals surface area contributed by atoms with Crippen molar-refractivity contribution in [1.29, 1.82) is 0 Å². The molecule has 4 nitrogen and oxygen atoms in total. The van der Waals surface area contributed by atoms with E-state index in [4.69, 9.17) is 15.9 Å². The van der Waals surface area contributed by atoms with Gasteiger partial charge in [-0.05, 0) is 36.4 Å². The summed E-state index contributed by atoms with van der Waals surface area (Å²) in [6.45, 7) is 0. The molecule has 0 aliphatic heterocycles. The molecule has 76 valence electrons. The largest absolute Gasteiger partial charge is 0.451 e. The van der Waals surface area contributed by atoms with Crippen LogP contribution in [0.15, 0.2) is 40.8 Å². The highest BCUT2D eigenvalue weighted by molar-refractivity contribution is 5.90. The van der Waals surface area contributed by atoms with E-state index in [0.29, 0.717) is 11.4 Å². The van der Waals surface area contributed by atoms with Gasteiger partial charge >= 0.3 is 0 Å². The predicted octanol–water partition coefficient (Wildman–Crippen LogP) is 1.63. The fourth-order valence-electron chi connectivity index (χ4n) is 1.27. The molecule has 0 saturated carbocycles. The van der Waals surface area contributed by atoms with E-state index in [1.165, 1.54) is 0 Å². The van der Waals surface area contributed by atoms with Crippen LogP contribution in [0.2, 0.25) is 0 Å². The molecule has 0 saturated heterocycles. The minimum Gasteiger partial charge on any atom is -0.451 e. The number of hydrogen-bond acceptors (Lipinski definition) is 3. The number of primary amides is 1. The van der Waals surface area contributed by atoms with E-state index < -0.39 is 5.91 Å². The molecule has 0 aliphatic carbocycles. The van der Waals surface area contributed by atoms with Gasteiger partial charge in [-0.2, -0.15) is 0 Å². The summed E-state index contributed by atoms with van der Waals surface area (Å²) in [5, 5.41) is 0. The lowest BCUT2D eigenvalue weighted by Gasteiger charge is -1.97. The average molecular weight is 202 g/mol. The first kappa shape index (κ1) is 9.33. The van der Waals surface area contributed by atoms with Crippen molar-refractivity contribution in [2.75, 3.05) is 5.73 Å². The summed E-state index contributed by atoms with van der Waals surface area (Å²) < 4.78 is 5.26. The Labute approximate surface area is 86.5 Å². The Morgan fingerprint density at radius 3 is 2.27 bits per heavy atom.